The highest BCUT2D eigenvalue weighted by molar-refractivity contribution is 5.80. The molecule has 0 heterocycles. The second-order valence-corrected chi connectivity index (χ2v) is 5.51. The van der Waals surface area contributed by atoms with E-state index >= 15 is 0 Å². The van der Waals surface area contributed by atoms with Crippen LogP contribution in [0.3, 0.4) is 0 Å². The van der Waals surface area contributed by atoms with Crippen LogP contribution in [0.2, 0.25) is 0 Å². The number of nitrogens with zero attached hydrogens (tertiary/aromatic N) is 1. The summed E-state index contributed by atoms with van der Waals surface area (Å²) in [6, 6.07) is -1.62. The predicted molar refractivity (Wildman–Crippen MR) is 84.8 cm³/mol. The van der Waals surface area contributed by atoms with Crippen molar-refractivity contribution in [2.24, 2.45) is 10.8 Å². The molecule has 0 aliphatic carbocycles. The molecular weight excluding hydrogens is 304 g/mol. The summed E-state index contributed by atoms with van der Waals surface area (Å²) in [5.41, 5.74) is 6.47. The summed E-state index contributed by atoms with van der Waals surface area (Å²) in [6.07, 6.45) is 1.66. The zero-order valence-corrected chi connectivity index (χ0v) is 13.6. The molecule has 130 valence electrons. The Morgan fingerprint density at radius 2 is 2.04 bits per heavy atom. The predicted octanol–water partition coefficient (Wildman–Crippen LogP) is 1.04. The van der Waals surface area contributed by atoms with Crippen LogP contribution in [-0.2, 0) is 14.3 Å². The highest BCUT2D eigenvalue weighted by Crippen LogP contribution is 2.11. The largest absolute Gasteiger partial charge is 0.474 e. The zero-order chi connectivity index (χ0) is 17.9. The van der Waals surface area contributed by atoms with Gasteiger partial charge < -0.3 is 25.3 Å². The van der Waals surface area contributed by atoms with Gasteiger partial charge in [-0.3, -0.25) is 0 Å². The molecule has 4 N–H and O–H groups in total. The van der Waals surface area contributed by atoms with Gasteiger partial charge in [-0.1, -0.05) is 12.7 Å². The average Bonchev–Trinajstić information content (AvgIpc) is 2.44. The van der Waals surface area contributed by atoms with Crippen molar-refractivity contribution in [1.29, 1.82) is 0 Å². The van der Waals surface area contributed by atoms with Gasteiger partial charge in [0.2, 0.25) is 5.90 Å². The monoisotopic (exact) mass is 328 g/mol. The Morgan fingerprint density at radius 3 is 2.52 bits per heavy atom. The quantitative estimate of drug-likeness (QED) is 0.201. The molecular formula is C14H24N4O5. The third-order valence-corrected chi connectivity index (χ3v) is 2.18. The first kappa shape index (κ1) is 20.4. The summed E-state index contributed by atoms with van der Waals surface area (Å²) in [5.74, 6) is 0.185. The minimum atomic E-state index is -0.835. The molecule has 9 nitrogen and oxygen atoms in total. The van der Waals surface area contributed by atoms with Gasteiger partial charge in [0.25, 0.3) is 0 Å². The number of primary amides is 1. The number of nitrogens with one attached hydrogen (secondary N) is 2. The Hall–Kier alpha value is -2.58. The summed E-state index contributed by atoms with van der Waals surface area (Å²) in [5, 5.41) is 6.13. The lowest BCUT2D eigenvalue weighted by Gasteiger charge is -2.23. The van der Waals surface area contributed by atoms with Crippen LogP contribution < -0.4 is 16.5 Å². The SMILES string of the molecule is C=CCOC(=O)N[C@@H](C=O)CCC(=NNC(N)=O)OC(C)(C)C. The van der Waals surface area contributed by atoms with Gasteiger partial charge >= 0.3 is 12.1 Å². The smallest absolute Gasteiger partial charge is 0.408 e. The van der Waals surface area contributed by atoms with Gasteiger partial charge in [0.15, 0.2) is 0 Å². The van der Waals surface area contributed by atoms with Crippen molar-refractivity contribution in [2.45, 2.75) is 45.3 Å². The van der Waals surface area contributed by atoms with Crippen molar-refractivity contribution < 1.29 is 23.9 Å². The van der Waals surface area contributed by atoms with Gasteiger partial charge in [-0.05, 0) is 27.2 Å². The second-order valence-electron chi connectivity index (χ2n) is 5.51. The minimum absolute atomic E-state index is 0.0415. The lowest BCUT2D eigenvalue weighted by molar-refractivity contribution is -0.109. The molecule has 0 aliphatic rings. The maximum Gasteiger partial charge on any atom is 0.408 e. The maximum absolute atomic E-state index is 11.4. The van der Waals surface area contributed by atoms with Crippen molar-refractivity contribution in [2.75, 3.05) is 6.61 Å². The van der Waals surface area contributed by atoms with Crippen LogP contribution >= 0.6 is 0 Å². The number of urea groups is 1. The molecule has 0 aromatic rings. The minimum Gasteiger partial charge on any atom is -0.474 e. The van der Waals surface area contributed by atoms with E-state index in [0.717, 1.165) is 0 Å². The number of ether oxygens (including phenoxy) is 2. The molecule has 3 amide bonds. The number of carbonyl (C=O) groups is 3. The average molecular weight is 328 g/mol. The molecule has 0 bridgehead atoms. The van der Waals surface area contributed by atoms with Crippen LogP contribution in [0, 0.1) is 0 Å². The van der Waals surface area contributed by atoms with Crippen molar-refractivity contribution in [3.8, 4) is 0 Å². The number of hydrogen-bond donors (Lipinski definition) is 3. The van der Waals surface area contributed by atoms with Crippen LogP contribution in [-0.4, -0.2) is 42.6 Å². The molecule has 0 saturated carbocycles. The molecule has 0 radical (unpaired) electrons. The van der Waals surface area contributed by atoms with Crippen LogP contribution in [0.4, 0.5) is 9.59 Å². The van der Waals surface area contributed by atoms with Gasteiger partial charge in [-0.15, -0.1) is 5.10 Å². The topological polar surface area (TPSA) is 132 Å². The Morgan fingerprint density at radius 1 is 1.39 bits per heavy atom. The number of hydrogen-bond acceptors (Lipinski definition) is 6. The van der Waals surface area contributed by atoms with Crippen molar-refractivity contribution in [3.05, 3.63) is 12.7 Å². The standard InChI is InChI=1S/C14H24N4O5/c1-5-8-22-13(21)16-10(9-19)6-7-11(17-18-12(15)20)23-14(2,3)4/h5,9-10H,1,6-8H2,2-4H3,(H,16,21)(H3,15,18,20)/t10-/m1/s1. The van der Waals surface area contributed by atoms with Gasteiger partial charge in [-0.2, -0.15) is 0 Å². The molecule has 0 fully saturated rings. The number of aldehydes is 1. The van der Waals surface area contributed by atoms with E-state index in [1.54, 1.807) is 20.8 Å². The number of hydrazone groups is 1. The third kappa shape index (κ3) is 11.7. The van der Waals surface area contributed by atoms with Crippen LogP contribution in [0.25, 0.3) is 0 Å². The molecule has 23 heavy (non-hydrogen) atoms. The molecule has 0 unspecified atom stereocenters. The molecule has 1 atom stereocenters. The van der Waals surface area contributed by atoms with Crippen LogP contribution in [0.15, 0.2) is 17.8 Å². The Labute approximate surface area is 135 Å². The molecule has 0 spiro atoms. The van der Waals surface area contributed by atoms with Gasteiger partial charge in [0.05, 0.1) is 6.04 Å². The lowest BCUT2D eigenvalue weighted by atomic mass is 10.1. The van der Waals surface area contributed by atoms with E-state index in [9.17, 15) is 14.4 Å². The van der Waals surface area contributed by atoms with E-state index in [2.05, 4.69) is 22.4 Å². The number of alkyl carbamates (subject to hydrolysis) is 1. The van der Waals surface area contributed by atoms with Crippen molar-refractivity contribution in [1.82, 2.24) is 10.7 Å². The van der Waals surface area contributed by atoms with Gasteiger partial charge in [-0.25, -0.2) is 15.0 Å². The van der Waals surface area contributed by atoms with E-state index in [1.807, 2.05) is 0 Å². The van der Waals surface area contributed by atoms with E-state index in [4.69, 9.17) is 15.2 Å². The third-order valence-electron chi connectivity index (χ3n) is 2.18. The number of carbonyl (C=O) groups excluding carboxylic acids is 3. The molecule has 0 rings (SSSR count). The summed E-state index contributed by atoms with van der Waals surface area (Å²) in [7, 11) is 0. The summed E-state index contributed by atoms with van der Waals surface area (Å²) in [6.45, 7) is 8.85. The Bertz CT molecular complexity index is 457. The van der Waals surface area contributed by atoms with E-state index in [0.29, 0.717) is 6.29 Å². The number of rotatable bonds is 8. The van der Waals surface area contributed by atoms with E-state index < -0.39 is 23.8 Å². The lowest BCUT2D eigenvalue weighted by Crippen LogP contribution is -2.37. The fourth-order valence-corrected chi connectivity index (χ4v) is 1.38. The molecule has 9 heteroatoms. The normalized spacial score (nSPS) is 12.7. The summed E-state index contributed by atoms with van der Waals surface area (Å²) in [4.78, 5) is 33.1. The summed E-state index contributed by atoms with van der Waals surface area (Å²) < 4.78 is 10.3. The first-order chi connectivity index (χ1) is 10.7. The highest BCUT2D eigenvalue weighted by Gasteiger charge is 2.18. The Balaban J connectivity index is 4.63. The van der Waals surface area contributed by atoms with Gasteiger partial charge in [0.1, 0.15) is 18.5 Å². The Kier molecular flexibility index (Phi) is 9.05. The second kappa shape index (κ2) is 10.2. The first-order valence-corrected chi connectivity index (χ1v) is 6.98. The first-order valence-electron chi connectivity index (χ1n) is 6.98. The number of nitrogens with two attached hydrogens (primary N) is 1. The summed E-state index contributed by atoms with van der Waals surface area (Å²) >= 11 is 0. The maximum atomic E-state index is 11.4. The molecule has 0 aliphatic heterocycles. The van der Waals surface area contributed by atoms with Crippen LogP contribution in [0.5, 0.6) is 0 Å². The molecule has 0 saturated heterocycles. The zero-order valence-electron chi connectivity index (χ0n) is 13.6. The fraction of sp³-hybridized carbons (Fsp3) is 0.571. The van der Waals surface area contributed by atoms with Crippen LogP contribution in [0.1, 0.15) is 33.6 Å². The fourth-order valence-electron chi connectivity index (χ4n) is 1.38. The van der Waals surface area contributed by atoms with Crippen molar-refractivity contribution in [3.63, 3.8) is 0 Å². The number of amides is 3. The molecule has 0 aromatic carbocycles. The molecule has 0 aromatic heterocycles. The van der Waals surface area contributed by atoms with E-state index in [-0.39, 0.29) is 25.3 Å². The van der Waals surface area contributed by atoms with Crippen molar-refractivity contribution >= 4 is 24.3 Å². The highest BCUT2D eigenvalue weighted by atomic mass is 16.5. The van der Waals surface area contributed by atoms with Gasteiger partial charge in [0, 0.05) is 6.42 Å². The van der Waals surface area contributed by atoms with E-state index in [1.165, 1.54) is 6.08 Å².